The van der Waals surface area contributed by atoms with E-state index in [0.717, 1.165) is 0 Å². The van der Waals surface area contributed by atoms with Gasteiger partial charge >= 0.3 is 0 Å². The molecule has 0 saturated carbocycles. The Labute approximate surface area is 144 Å². The topological polar surface area (TPSA) is 138 Å². The van der Waals surface area contributed by atoms with Crippen LogP contribution in [0.4, 0.5) is 0 Å². The number of nitrogens with zero attached hydrogens (tertiary/aromatic N) is 5. The molecule has 0 amide bonds. The van der Waals surface area contributed by atoms with E-state index < -0.39 is 10.8 Å². The van der Waals surface area contributed by atoms with Gasteiger partial charge in [-0.15, -0.1) is 0 Å². The highest BCUT2D eigenvalue weighted by atomic mass is 32.2. The van der Waals surface area contributed by atoms with E-state index in [9.17, 15) is 14.4 Å². The van der Waals surface area contributed by atoms with Crippen LogP contribution >= 0.6 is 0 Å². The summed E-state index contributed by atoms with van der Waals surface area (Å²) < 4.78 is 18.2. The lowest BCUT2D eigenvalue weighted by Gasteiger charge is -1.98. The number of H-pyrrole nitrogens is 1. The number of nitrogens with one attached hydrogen (secondary N) is 1. The molecule has 0 aliphatic carbocycles. The number of hydrogen-bond donors (Lipinski definition) is 3. The van der Waals surface area contributed by atoms with Gasteiger partial charge in [0.15, 0.2) is 17.4 Å². The van der Waals surface area contributed by atoms with Gasteiger partial charge < -0.3 is 14.9 Å². The molecule has 0 saturated heterocycles. The van der Waals surface area contributed by atoms with Gasteiger partial charge in [0.25, 0.3) is 5.62 Å². The monoisotopic (exact) mass is 364 g/mol. The van der Waals surface area contributed by atoms with Crippen LogP contribution in [0.3, 0.4) is 0 Å². The summed E-state index contributed by atoms with van der Waals surface area (Å²) in [5.41, 5.74) is 1.01. The summed E-state index contributed by atoms with van der Waals surface area (Å²) in [5, 5.41) is 24.0. The van der Waals surface area contributed by atoms with Crippen molar-refractivity contribution < 1.29 is 19.2 Å². The summed E-state index contributed by atoms with van der Waals surface area (Å²) in [6.07, 6.45) is 4.58. The van der Waals surface area contributed by atoms with Gasteiger partial charge in [-0.3, -0.25) is 9.19 Å². The second kappa shape index (κ2) is 6.99. The van der Waals surface area contributed by atoms with E-state index in [1.54, 1.807) is 13.2 Å². The molecular formula is C14H16N6O4S. The maximum atomic E-state index is 11.8. The fourth-order valence-electron chi connectivity index (χ4n) is 2.15. The number of fused-ring (bicyclic) bond motifs is 1. The molecule has 3 aromatic heterocycles. The first-order chi connectivity index (χ1) is 12.0. The van der Waals surface area contributed by atoms with Crippen LogP contribution in [0.2, 0.25) is 0 Å². The third-order valence-corrected chi connectivity index (χ3v) is 3.98. The maximum absolute atomic E-state index is 11.8. The molecule has 0 spiro atoms. The lowest BCUT2D eigenvalue weighted by molar-refractivity contribution is 0.207. The minimum Gasteiger partial charge on any atom is -0.494 e. The number of methoxy groups -OCH3 is 1. The van der Waals surface area contributed by atoms with E-state index >= 15 is 0 Å². The van der Waals surface area contributed by atoms with E-state index in [0.29, 0.717) is 29.6 Å². The minimum atomic E-state index is -1.41. The summed E-state index contributed by atoms with van der Waals surface area (Å²) in [6, 6.07) is 1.36. The second-order valence-corrected chi connectivity index (χ2v) is 6.35. The molecule has 25 heavy (non-hydrogen) atoms. The van der Waals surface area contributed by atoms with Gasteiger partial charge in [-0.25, -0.2) is 4.99 Å². The fourth-order valence-corrected chi connectivity index (χ4v) is 2.58. The highest BCUT2D eigenvalue weighted by molar-refractivity contribution is 7.84. The first-order valence-corrected chi connectivity index (χ1v) is 8.76. The van der Waals surface area contributed by atoms with Gasteiger partial charge in [-0.05, 0) is 6.08 Å². The number of aromatic hydroxyl groups is 2. The van der Waals surface area contributed by atoms with E-state index in [4.69, 9.17) is 4.74 Å². The van der Waals surface area contributed by atoms with Gasteiger partial charge in [0.1, 0.15) is 0 Å². The molecule has 3 heterocycles. The van der Waals surface area contributed by atoms with Crippen molar-refractivity contribution in [3.8, 4) is 11.8 Å². The smallest absolute Gasteiger partial charge is 0.250 e. The van der Waals surface area contributed by atoms with Gasteiger partial charge in [-0.1, -0.05) is 0 Å². The Balaban J connectivity index is 2.24. The second-order valence-electron chi connectivity index (χ2n) is 5.07. The SMILES string of the molecule is COCCN=c1nc(S(C)=O)nc2c(=Cc3cc(O)[nH]c3O)cnn12. The molecule has 3 rings (SSSR count). The Morgan fingerprint density at radius 2 is 2.24 bits per heavy atom. The number of aromatic amines is 1. The van der Waals surface area contributed by atoms with Crippen molar-refractivity contribution in [1.29, 1.82) is 0 Å². The van der Waals surface area contributed by atoms with E-state index in [2.05, 4.69) is 25.0 Å². The van der Waals surface area contributed by atoms with E-state index in [-0.39, 0.29) is 22.5 Å². The minimum absolute atomic E-state index is 0.125. The molecule has 132 valence electrons. The normalized spacial score (nSPS) is 14.5. The van der Waals surface area contributed by atoms with Crippen LogP contribution in [-0.4, -0.2) is 65.5 Å². The predicted octanol–water partition coefficient (Wildman–Crippen LogP) is -1.30. The highest BCUT2D eigenvalue weighted by Crippen LogP contribution is 2.21. The van der Waals surface area contributed by atoms with Crippen molar-refractivity contribution in [1.82, 2.24) is 24.6 Å². The van der Waals surface area contributed by atoms with Crippen LogP contribution in [0.1, 0.15) is 5.56 Å². The van der Waals surface area contributed by atoms with Crippen LogP contribution in [0, 0.1) is 0 Å². The Morgan fingerprint density at radius 1 is 1.44 bits per heavy atom. The molecule has 1 unspecified atom stereocenters. The van der Waals surface area contributed by atoms with Crippen LogP contribution < -0.4 is 10.8 Å². The molecule has 1 atom stereocenters. The standard InChI is InChI=1S/C14H16N6O4S/c1-24-4-3-15-13-19-14(25(2)23)18-11-9(7-16-20(11)13)5-8-6-10(21)17-12(8)22/h5-7,17,21-22H,3-4H2,1-2H3. The highest BCUT2D eigenvalue weighted by Gasteiger charge is 2.10. The van der Waals surface area contributed by atoms with Crippen molar-refractivity contribution in [3.05, 3.63) is 28.7 Å². The molecule has 0 fully saturated rings. The first kappa shape index (κ1) is 17.0. The van der Waals surface area contributed by atoms with Gasteiger partial charge in [-0.2, -0.15) is 19.6 Å². The summed E-state index contributed by atoms with van der Waals surface area (Å²) >= 11 is 0. The lowest BCUT2D eigenvalue weighted by Crippen LogP contribution is -2.25. The maximum Gasteiger partial charge on any atom is 0.250 e. The van der Waals surface area contributed by atoms with Gasteiger partial charge in [0.2, 0.25) is 5.16 Å². The van der Waals surface area contributed by atoms with Crippen LogP contribution in [0.5, 0.6) is 11.8 Å². The molecule has 10 nitrogen and oxygen atoms in total. The zero-order valence-corrected chi connectivity index (χ0v) is 14.3. The van der Waals surface area contributed by atoms with Crippen LogP contribution in [0.15, 0.2) is 22.4 Å². The molecule has 3 N–H and O–H groups in total. The molecule has 0 radical (unpaired) electrons. The van der Waals surface area contributed by atoms with Crippen molar-refractivity contribution in [2.45, 2.75) is 5.16 Å². The predicted molar refractivity (Wildman–Crippen MR) is 88.3 cm³/mol. The number of hydrogen-bond acceptors (Lipinski definition) is 8. The number of aromatic nitrogens is 5. The van der Waals surface area contributed by atoms with Gasteiger partial charge in [0, 0.05) is 30.2 Å². The zero-order valence-electron chi connectivity index (χ0n) is 13.5. The molecule has 0 aliphatic rings. The van der Waals surface area contributed by atoms with Crippen molar-refractivity contribution in [3.63, 3.8) is 0 Å². The largest absolute Gasteiger partial charge is 0.494 e. The van der Waals surface area contributed by atoms with E-state index in [1.807, 2.05) is 0 Å². The van der Waals surface area contributed by atoms with Crippen molar-refractivity contribution in [2.24, 2.45) is 4.99 Å². The number of rotatable bonds is 5. The molecular weight excluding hydrogens is 348 g/mol. The summed E-state index contributed by atoms with van der Waals surface area (Å²) in [6.45, 7) is 0.774. The lowest BCUT2D eigenvalue weighted by atomic mass is 10.2. The van der Waals surface area contributed by atoms with Crippen LogP contribution in [0.25, 0.3) is 11.7 Å². The Morgan fingerprint density at radius 3 is 2.88 bits per heavy atom. The zero-order chi connectivity index (χ0) is 18.0. The average molecular weight is 364 g/mol. The van der Waals surface area contributed by atoms with Gasteiger partial charge in [0.05, 0.1) is 30.1 Å². The summed E-state index contributed by atoms with van der Waals surface area (Å²) in [7, 11) is 0.161. The third-order valence-electron chi connectivity index (χ3n) is 3.29. The first-order valence-electron chi connectivity index (χ1n) is 7.21. The molecule has 3 aromatic rings. The summed E-state index contributed by atoms with van der Waals surface area (Å²) in [5.74, 6) is -0.351. The Bertz CT molecular complexity index is 1060. The Hall–Kier alpha value is -2.79. The summed E-state index contributed by atoms with van der Waals surface area (Å²) in [4.78, 5) is 15.1. The van der Waals surface area contributed by atoms with Crippen molar-refractivity contribution in [2.75, 3.05) is 26.5 Å². The molecule has 0 aliphatic heterocycles. The molecule has 0 aromatic carbocycles. The van der Waals surface area contributed by atoms with Crippen molar-refractivity contribution >= 4 is 22.5 Å². The Kier molecular flexibility index (Phi) is 4.76. The molecule has 11 heteroatoms. The fraction of sp³-hybridized carbons (Fsp3) is 0.286. The van der Waals surface area contributed by atoms with E-state index in [1.165, 1.54) is 23.0 Å². The van der Waals surface area contributed by atoms with Crippen LogP contribution in [-0.2, 0) is 15.5 Å². The number of ether oxygens (including phenoxy) is 1. The third kappa shape index (κ3) is 3.51. The molecule has 0 bridgehead atoms. The quantitative estimate of drug-likeness (QED) is 0.478. The average Bonchev–Trinajstić information content (AvgIpc) is 3.11.